The Morgan fingerprint density at radius 2 is 2.44 bits per heavy atom. The van der Waals surface area contributed by atoms with E-state index in [-0.39, 0.29) is 0 Å². The Hall–Kier alpha value is -0.450. The van der Waals surface area contributed by atoms with Crippen molar-refractivity contribution in [2.24, 2.45) is 0 Å². The van der Waals surface area contributed by atoms with E-state index in [4.69, 9.17) is 0 Å². The third kappa shape index (κ3) is 3.77. The Morgan fingerprint density at radius 3 is 3.06 bits per heavy atom. The predicted octanol–water partition coefficient (Wildman–Crippen LogP) is 2.51. The van der Waals surface area contributed by atoms with E-state index in [2.05, 4.69) is 34.8 Å². The van der Waals surface area contributed by atoms with Gasteiger partial charge in [-0.2, -0.15) is 0 Å². The maximum Gasteiger partial charge on any atom is 0.0897 e. The van der Waals surface area contributed by atoms with Crippen LogP contribution in [0.4, 0.5) is 0 Å². The second-order valence-corrected chi connectivity index (χ2v) is 6.41. The molecule has 0 saturated carbocycles. The molecule has 1 aromatic heterocycles. The lowest BCUT2D eigenvalue weighted by molar-refractivity contribution is 0.326. The van der Waals surface area contributed by atoms with E-state index in [0.29, 0.717) is 5.54 Å². The van der Waals surface area contributed by atoms with E-state index in [1.165, 1.54) is 42.9 Å². The van der Waals surface area contributed by atoms with Crippen LogP contribution in [0, 0.1) is 6.92 Å². The first-order valence-corrected chi connectivity index (χ1v) is 7.99. The zero-order valence-corrected chi connectivity index (χ0v) is 12.4. The van der Waals surface area contributed by atoms with Gasteiger partial charge in [0.1, 0.15) is 0 Å². The van der Waals surface area contributed by atoms with Gasteiger partial charge in [-0.1, -0.05) is 13.3 Å². The molecule has 2 N–H and O–H groups in total. The number of hydrogen-bond donors (Lipinski definition) is 2. The van der Waals surface area contributed by atoms with E-state index in [1.807, 2.05) is 0 Å². The maximum absolute atomic E-state index is 4.50. The lowest BCUT2D eigenvalue weighted by Gasteiger charge is -2.29. The zero-order valence-electron chi connectivity index (χ0n) is 11.6. The number of rotatable bonds is 7. The van der Waals surface area contributed by atoms with Gasteiger partial charge in [0, 0.05) is 30.4 Å². The quantitative estimate of drug-likeness (QED) is 0.745. The summed E-state index contributed by atoms with van der Waals surface area (Å²) in [5.74, 6) is 0. The lowest BCUT2D eigenvalue weighted by Crippen LogP contribution is -2.48. The van der Waals surface area contributed by atoms with Gasteiger partial charge in [-0.05, 0) is 32.7 Å². The van der Waals surface area contributed by atoms with Crippen LogP contribution in [0.3, 0.4) is 0 Å². The van der Waals surface area contributed by atoms with E-state index < -0.39 is 0 Å². The molecule has 1 fully saturated rings. The Morgan fingerprint density at radius 1 is 1.56 bits per heavy atom. The molecule has 0 radical (unpaired) electrons. The Labute approximate surface area is 114 Å². The molecule has 102 valence electrons. The molecule has 1 unspecified atom stereocenters. The second kappa shape index (κ2) is 6.64. The first-order valence-electron chi connectivity index (χ1n) is 7.11. The highest BCUT2D eigenvalue weighted by molar-refractivity contribution is 7.09. The summed E-state index contributed by atoms with van der Waals surface area (Å²) in [5.41, 5.74) is 1.60. The summed E-state index contributed by atoms with van der Waals surface area (Å²) >= 11 is 1.74. The fourth-order valence-corrected chi connectivity index (χ4v) is 3.51. The number of nitrogens with one attached hydrogen (secondary N) is 2. The van der Waals surface area contributed by atoms with Gasteiger partial charge >= 0.3 is 0 Å². The average Bonchev–Trinajstić information content (AvgIpc) is 2.96. The van der Waals surface area contributed by atoms with Gasteiger partial charge in [-0.15, -0.1) is 11.3 Å². The van der Waals surface area contributed by atoms with E-state index in [0.717, 1.165) is 19.5 Å². The van der Waals surface area contributed by atoms with Crippen molar-refractivity contribution in [2.45, 2.75) is 51.5 Å². The van der Waals surface area contributed by atoms with Crippen LogP contribution < -0.4 is 10.6 Å². The van der Waals surface area contributed by atoms with Crippen LogP contribution in [0.5, 0.6) is 0 Å². The highest BCUT2D eigenvalue weighted by Crippen LogP contribution is 2.23. The summed E-state index contributed by atoms with van der Waals surface area (Å²) < 4.78 is 0. The number of thiazole rings is 1. The van der Waals surface area contributed by atoms with Crippen molar-refractivity contribution in [3.8, 4) is 0 Å². The van der Waals surface area contributed by atoms with Crippen LogP contribution in [-0.2, 0) is 6.42 Å². The van der Waals surface area contributed by atoms with Gasteiger partial charge in [-0.3, -0.25) is 0 Å². The van der Waals surface area contributed by atoms with Gasteiger partial charge in [-0.25, -0.2) is 4.98 Å². The standard InChI is InChI=1S/C14H25N3S/c1-3-6-14(7-4-8-16-14)11-15-9-5-13-10-18-12(2)17-13/h10,15-16H,3-9,11H2,1-2H3. The second-order valence-electron chi connectivity index (χ2n) is 5.35. The molecule has 0 aliphatic carbocycles. The average molecular weight is 267 g/mol. The molecule has 4 heteroatoms. The molecule has 0 aromatic carbocycles. The molecule has 18 heavy (non-hydrogen) atoms. The van der Waals surface area contributed by atoms with Crippen molar-refractivity contribution in [1.29, 1.82) is 0 Å². The molecule has 1 aliphatic rings. The van der Waals surface area contributed by atoms with Crippen LogP contribution in [0.15, 0.2) is 5.38 Å². The van der Waals surface area contributed by atoms with Crippen LogP contribution in [0.1, 0.15) is 43.3 Å². The Balaban J connectivity index is 1.70. The summed E-state index contributed by atoms with van der Waals surface area (Å²) in [5, 5.41) is 10.7. The number of nitrogens with zero attached hydrogens (tertiary/aromatic N) is 1. The molecule has 1 aromatic rings. The van der Waals surface area contributed by atoms with Crippen LogP contribution in [-0.4, -0.2) is 30.2 Å². The molecule has 2 rings (SSSR count). The molecule has 0 spiro atoms. The number of aromatic nitrogens is 1. The van der Waals surface area contributed by atoms with Gasteiger partial charge in [0.2, 0.25) is 0 Å². The Bertz CT molecular complexity index is 356. The normalized spacial score (nSPS) is 23.7. The number of aryl methyl sites for hydroxylation is 1. The minimum absolute atomic E-state index is 0.368. The summed E-state index contributed by atoms with van der Waals surface area (Å²) in [6.07, 6.45) is 6.25. The van der Waals surface area contributed by atoms with E-state index in [1.54, 1.807) is 11.3 Å². The van der Waals surface area contributed by atoms with Gasteiger partial charge in [0.05, 0.1) is 10.7 Å². The van der Waals surface area contributed by atoms with Crippen molar-refractivity contribution in [3.05, 3.63) is 16.1 Å². The largest absolute Gasteiger partial charge is 0.315 e. The molecule has 3 nitrogen and oxygen atoms in total. The summed E-state index contributed by atoms with van der Waals surface area (Å²) in [4.78, 5) is 4.50. The SMILES string of the molecule is CCCC1(CNCCc2csc(C)n2)CCCN1. The first-order chi connectivity index (χ1) is 8.74. The molecule has 1 atom stereocenters. The number of hydrogen-bond acceptors (Lipinski definition) is 4. The summed E-state index contributed by atoms with van der Waals surface area (Å²) in [7, 11) is 0. The van der Waals surface area contributed by atoms with Crippen molar-refractivity contribution in [1.82, 2.24) is 15.6 Å². The van der Waals surface area contributed by atoms with Crippen LogP contribution >= 0.6 is 11.3 Å². The Kier molecular flexibility index (Phi) is 5.15. The summed E-state index contributed by atoms with van der Waals surface area (Å²) in [6.45, 7) is 7.67. The molecule has 0 amide bonds. The minimum Gasteiger partial charge on any atom is -0.315 e. The zero-order chi connectivity index (χ0) is 12.8. The van der Waals surface area contributed by atoms with Crippen molar-refractivity contribution < 1.29 is 0 Å². The smallest absolute Gasteiger partial charge is 0.0897 e. The maximum atomic E-state index is 4.50. The van der Waals surface area contributed by atoms with E-state index >= 15 is 0 Å². The fourth-order valence-electron chi connectivity index (χ4n) is 2.87. The lowest BCUT2D eigenvalue weighted by atomic mass is 9.92. The third-order valence-electron chi connectivity index (χ3n) is 3.75. The third-order valence-corrected chi connectivity index (χ3v) is 4.57. The summed E-state index contributed by atoms with van der Waals surface area (Å²) in [6, 6.07) is 0. The fraction of sp³-hybridized carbons (Fsp3) is 0.786. The monoisotopic (exact) mass is 267 g/mol. The molecular weight excluding hydrogens is 242 g/mol. The minimum atomic E-state index is 0.368. The van der Waals surface area contributed by atoms with Crippen LogP contribution in [0.25, 0.3) is 0 Å². The van der Waals surface area contributed by atoms with Crippen molar-refractivity contribution >= 4 is 11.3 Å². The molecule has 1 aliphatic heterocycles. The molecule has 2 heterocycles. The topological polar surface area (TPSA) is 37.0 Å². The van der Waals surface area contributed by atoms with Crippen molar-refractivity contribution in [2.75, 3.05) is 19.6 Å². The van der Waals surface area contributed by atoms with Crippen molar-refractivity contribution in [3.63, 3.8) is 0 Å². The molecule has 0 bridgehead atoms. The predicted molar refractivity (Wildman–Crippen MR) is 78.3 cm³/mol. The van der Waals surface area contributed by atoms with E-state index in [9.17, 15) is 0 Å². The molecule has 1 saturated heterocycles. The van der Waals surface area contributed by atoms with Crippen LogP contribution in [0.2, 0.25) is 0 Å². The van der Waals surface area contributed by atoms with Gasteiger partial charge in [0.15, 0.2) is 0 Å². The van der Waals surface area contributed by atoms with Gasteiger partial charge in [0.25, 0.3) is 0 Å². The highest BCUT2D eigenvalue weighted by atomic mass is 32.1. The molecular formula is C14H25N3S. The van der Waals surface area contributed by atoms with Gasteiger partial charge < -0.3 is 10.6 Å². The highest BCUT2D eigenvalue weighted by Gasteiger charge is 2.31. The first kappa shape index (κ1) is 14.0.